The van der Waals surface area contributed by atoms with E-state index in [0.29, 0.717) is 12.8 Å². The number of benzene rings is 2. The molecule has 2 aromatic rings. The van der Waals surface area contributed by atoms with Crippen LogP contribution < -0.4 is 27.0 Å². The van der Waals surface area contributed by atoms with Gasteiger partial charge in [0.2, 0.25) is 29.4 Å². The minimum absolute atomic E-state index is 0.0858. The molecule has 0 aliphatic carbocycles. The summed E-state index contributed by atoms with van der Waals surface area (Å²) in [5.41, 5.74) is 6.29. The summed E-state index contributed by atoms with van der Waals surface area (Å²) in [7, 11) is 0. The van der Waals surface area contributed by atoms with Gasteiger partial charge in [0.05, 0.1) is 12.6 Å². The third-order valence-electron chi connectivity index (χ3n) is 6.76. The van der Waals surface area contributed by atoms with Crippen LogP contribution in [0.3, 0.4) is 0 Å². The molecule has 5 amide bonds. The van der Waals surface area contributed by atoms with Gasteiger partial charge < -0.3 is 27.0 Å². The summed E-state index contributed by atoms with van der Waals surface area (Å²) < 4.78 is 0. The Bertz CT molecular complexity index is 1280. The molecule has 6 N–H and O–H groups in total. The molecule has 0 saturated heterocycles. The number of hydrogen-bond acceptors (Lipinski definition) is 6. The quantitative estimate of drug-likeness (QED) is 0.201. The predicted octanol–water partition coefficient (Wildman–Crippen LogP) is 1.12. The van der Waals surface area contributed by atoms with Gasteiger partial charge in [-0.15, -0.1) is 0 Å². The summed E-state index contributed by atoms with van der Waals surface area (Å²) in [5, 5.41) is 12.0. The highest BCUT2D eigenvalue weighted by Crippen LogP contribution is 2.17. The molecule has 0 heterocycles. The Labute approximate surface area is 240 Å². The fourth-order valence-corrected chi connectivity index (χ4v) is 4.36. The Kier molecular flexibility index (Phi) is 12.4. The lowest BCUT2D eigenvalue weighted by molar-refractivity contribution is -0.142. The zero-order valence-electron chi connectivity index (χ0n) is 24.3. The molecule has 0 aliphatic heterocycles. The van der Waals surface area contributed by atoms with Crippen LogP contribution in [-0.2, 0) is 35.2 Å². The highest BCUT2D eigenvalue weighted by atomic mass is 16.2. The van der Waals surface area contributed by atoms with Gasteiger partial charge in [0, 0.05) is 13.3 Å². The summed E-state index contributed by atoms with van der Waals surface area (Å²) in [4.78, 5) is 74.8. The third kappa shape index (κ3) is 10.3. The van der Waals surface area contributed by atoms with Gasteiger partial charge in [0.25, 0.3) is 5.91 Å². The maximum Gasteiger partial charge on any atom is 0.290 e. The van der Waals surface area contributed by atoms with E-state index in [1.54, 1.807) is 13.8 Å². The molecule has 11 heteroatoms. The molecule has 0 aromatic heterocycles. The van der Waals surface area contributed by atoms with Crippen molar-refractivity contribution in [1.29, 1.82) is 0 Å². The Morgan fingerprint density at radius 3 is 2.10 bits per heavy atom. The minimum atomic E-state index is -1.16. The summed E-state index contributed by atoms with van der Waals surface area (Å²) in [6.07, 6.45) is 0.973. The number of nitrogens with one attached hydrogen (secondary N) is 4. The van der Waals surface area contributed by atoms with Gasteiger partial charge in [0.1, 0.15) is 12.1 Å². The standard InChI is InChI=1S/C30H41N5O6/c1-6-18(4)26(35-29(40)24(13-17(2)3)33-19(5)36)27(38)30(41)32-16-25(37)34-23(28(31)39)15-20-11-12-21-9-7-8-10-22(21)14-20/h7-12,14,17-18,23-24,26H,6,13,15-16H2,1-5H3,(H2,31,39)(H,32,41)(H,33,36)(H,34,37)(H,35,40)/t18-,23-,24-,26?/m0/s1. The number of Topliss-reactive ketones (excluding diaryl/α,β-unsaturated/α-hetero) is 1. The average molecular weight is 568 g/mol. The molecule has 0 spiro atoms. The van der Waals surface area contributed by atoms with E-state index in [1.807, 2.05) is 56.3 Å². The van der Waals surface area contributed by atoms with Crippen molar-refractivity contribution in [2.45, 2.75) is 72.0 Å². The van der Waals surface area contributed by atoms with E-state index in [0.717, 1.165) is 16.3 Å². The summed E-state index contributed by atoms with van der Waals surface area (Å²) >= 11 is 0. The molecule has 222 valence electrons. The van der Waals surface area contributed by atoms with Crippen LogP contribution in [0.15, 0.2) is 42.5 Å². The number of amides is 5. The Morgan fingerprint density at radius 1 is 0.854 bits per heavy atom. The van der Waals surface area contributed by atoms with Crippen molar-refractivity contribution in [3.8, 4) is 0 Å². The molecule has 41 heavy (non-hydrogen) atoms. The molecule has 4 atom stereocenters. The molecule has 0 fully saturated rings. The number of fused-ring (bicyclic) bond motifs is 1. The van der Waals surface area contributed by atoms with Crippen molar-refractivity contribution in [1.82, 2.24) is 21.3 Å². The first-order valence-electron chi connectivity index (χ1n) is 13.8. The predicted molar refractivity (Wildman–Crippen MR) is 155 cm³/mol. The van der Waals surface area contributed by atoms with Crippen molar-refractivity contribution in [3.63, 3.8) is 0 Å². The number of carbonyl (C=O) groups excluding carboxylic acids is 6. The van der Waals surface area contributed by atoms with Gasteiger partial charge in [-0.2, -0.15) is 0 Å². The SMILES string of the molecule is CC[C@H](C)C(NC(=O)[C@H](CC(C)C)NC(C)=O)C(=O)C(=O)NCC(=O)N[C@@H](Cc1ccc2ccccc2c1)C(N)=O. The highest BCUT2D eigenvalue weighted by Gasteiger charge is 2.33. The van der Waals surface area contributed by atoms with Gasteiger partial charge in [0.15, 0.2) is 0 Å². The Balaban J connectivity index is 2.02. The number of primary amides is 1. The number of nitrogens with two attached hydrogens (primary N) is 1. The molecule has 2 aromatic carbocycles. The molecule has 0 radical (unpaired) electrons. The van der Waals surface area contributed by atoms with Crippen LogP contribution in [0.25, 0.3) is 10.8 Å². The van der Waals surface area contributed by atoms with E-state index >= 15 is 0 Å². The molecule has 1 unspecified atom stereocenters. The second-order valence-electron chi connectivity index (χ2n) is 10.7. The van der Waals surface area contributed by atoms with Crippen LogP contribution in [0.5, 0.6) is 0 Å². The Morgan fingerprint density at radius 2 is 1.51 bits per heavy atom. The van der Waals surface area contributed by atoms with E-state index < -0.39 is 65.9 Å². The second-order valence-corrected chi connectivity index (χ2v) is 10.7. The van der Waals surface area contributed by atoms with Crippen molar-refractivity contribution < 1.29 is 28.8 Å². The van der Waals surface area contributed by atoms with Crippen LogP contribution in [0, 0.1) is 11.8 Å². The highest BCUT2D eigenvalue weighted by molar-refractivity contribution is 6.38. The van der Waals surface area contributed by atoms with E-state index in [2.05, 4.69) is 21.3 Å². The molecular formula is C30H41N5O6. The van der Waals surface area contributed by atoms with E-state index in [1.165, 1.54) is 6.92 Å². The largest absolute Gasteiger partial charge is 0.368 e. The topological polar surface area (TPSA) is 177 Å². The zero-order valence-corrected chi connectivity index (χ0v) is 24.3. The lowest BCUT2D eigenvalue weighted by Gasteiger charge is -2.26. The number of ketones is 1. The molecular weight excluding hydrogens is 526 g/mol. The smallest absolute Gasteiger partial charge is 0.290 e. The van der Waals surface area contributed by atoms with E-state index in [9.17, 15) is 28.8 Å². The first-order chi connectivity index (χ1) is 19.3. The normalized spacial score (nSPS) is 13.9. The number of rotatable bonds is 15. The van der Waals surface area contributed by atoms with Crippen LogP contribution in [0.1, 0.15) is 53.0 Å². The lowest BCUT2D eigenvalue weighted by Crippen LogP contribution is -2.56. The van der Waals surface area contributed by atoms with Crippen molar-refractivity contribution >= 4 is 46.1 Å². The first-order valence-corrected chi connectivity index (χ1v) is 13.8. The van der Waals surface area contributed by atoms with Crippen LogP contribution >= 0.6 is 0 Å². The summed E-state index contributed by atoms with van der Waals surface area (Å²) in [6.45, 7) is 8.02. The minimum Gasteiger partial charge on any atom is -0.368 e. The van der Waals surface area contributed by atoms with Crippen LogP contribution in [0.2, 0.25) is 0 Å². The van der Waals surface area contributed by atoms with Gasteiger partial charge >= 0.3 is 0 Å². The third-order valence-corrected chi connectivity index (χ3v) is 6.76. The molecule has 11 nitrogen and oxygen atoms in total. The van der Waals surface area contributed by atoms with E-state index in [-0.39, 0.29) is 12.3 Å². The van der Waals surface area contributed by atoms with Gasteiger partial charge in [-0.3, -0.25) is 28.8 Å². The fraction of sp³-hybridized carbons (Fsp3) is 0.467. The average Bonchev–Trinajstić information content (AvgIpc) is 2.92. The number of carbonyl (C=O) groups is 6. The van der Waals surface area contributed by atoms with Crippen molar-refractivity contribution in [2.75, 3.05) is 6.54 Å². The molecule has 0 aliphatic rings. The van der Waals surface area contributed by atoms with Gasteiger partial charge in [-0.1, -0.05) is 76.6 Å². The molecule has 0 bridgehead atoms. The maximum absolute atomic E-state index is 13.0. The second kappa shape index (κ2) is 15.5. The van der Waals surface area contributed by atoms with Crippen molar-refractivity contribution in [3.05, 3.63) is 48.0 Å². The lowest BCUT2D eigenvalue weighted by atomic mass is 9.94. The maximum atomic E-state index is 13.0. The molecule has 2 rings (SSSR count). The summed E-state index contributed by atoms with van der Waals surface area (Å²) in [6, 6.07) is 10.3. The molecule has 0 saturated carbocycles. The Hall–Kier alpha value is -4.28. The zero-order chi connectivity index (χ0) is 30.7. The van der Waals surface area contributed by atoms with Gasteiger partial charge in [-0.25, -0.2) is 0 Å². The number of hydrogen-bond donors (Lipinski definition) is 5. The first kappa shape index (κ1) is 32.9. The fourth-order valence-electron chi connectivity index (χ4n) is 4.36. The van der Waals surface area contributed by atoms with Crippen LogP contribution in [-0.4, -0.2) is 60.0 Å². The van der Waals surface area contributed by atoms with Crippen molar-refractivity contribution in [2.24, 2.45) is 17.6 Å². The van der Waals surface area contributed by atoms with Crippen LogP contribution in [0.4, 0.5) is 0 Å². The van der Waals surface area contributed by atoms with E-state index in [4.69, 9.17) is 5.73 Å². The summed E-state index contributed by atoms with van der Waals surface area (Å²) in [5.74, 6) is -4.71. The monoisotopic (exact) mass is 567 g/mol. The van der Waals surface area contributed by atoms with Gasteiger partial charge in [-0.05, 0) is 34.6 Å².